The van der Waals surface area contributed by atoms with Crippen LogP contribution in [-0.4, -0.2) is 57.7 Å². The Morgan fingerprint density at radius 2 is 1.84 bits per heavy atom. The Balaban J connectivity index is 1.89. The van der Waals surface area contributed by atoms with Crippen LogP contribution in [0.1, 0.15) is 40.5 Å². The molecule has 10 heteroatoms. The molecule has 138 valence electrons. The zero-order chi connectivity index (χ0) is 18.7. The highest BCUT2D eigenvalue weighted by Crippen LogP contribution is 2.25. The van der Waals surface area contributed by atoms with Gasteiger partial charge in [0.05, 0.1) is 12.4 Å². The number of nitrogens with zero attached hydrogens (tertiary/aromatic N) is 3. The summed E-state index contributed by atoms with van der Waals surface area (Å²) in [4.78, 5) is 22.3. The van der Waals surface area contributed by atoms with Crippen molar-refractivity contribution >= 4 is 19.4 Å². The summed E-state index contributed by atoms with van der Waals surface area (Å²) in [5.74, 6) is 0.700. The van der Waals surface area contributed by atoms with E-state index in [9.17, 15) is 4.79 Å². The lowest BCUT2D eigenvalue weighted by Crippen LogP contribution is -2.54. The van der Waals surface area contributed by atoms with E-state index in [2.05, 4.69) is 19.9 Å². The van der Waals surface area contributed by atoms with E-state index in [1.807, 2.05) is 32.6 Å². The number of carbonyl (C=O) groups excluding carboxylic acids is 1. The maximum Gasteiger partial charge on any atom is 0.707 e. The van der Waals surface area contributed by atoms with Gasteiger partial charge in [-0.25, -0.2) is 14.8 Å². The van der Waals surface area contributed by atoms with Crippen molar-refractivity contribution in [2.75, 3.05) is 18.0 Å². The monoisotopic (exact) mass is 352 g/mol. The first-order valence-electron chi connectivity index (χ1n) is 8.17. The van der Waals surface area contributed by atoms with Crippen molar-refractivity contribution in [2.24, 2.45) is 0 Å². The van der Waals surface area contributed by atoms with Gasteiger partial charge in [0, 0.05) is 18.6 Å². The fourth-order valence-corrected chi connectivity index (χ4v) is 2.53. The minimum absolute atomic E-state index is 0.173. The number of amides is 1. The summed E-state index contributed by atoms with van der Waals surface area (Å²) in [6.07, 6.45) is 3.80. The molecule has 1 fully saturated rings. The fourth-order valence-electron chi connectivity index (χ4n) is 2.53. The van der Waals surface area contributed by atoms with Crippen LogP contribution in [0.15, 0.2) is 12.4 Å². The van der Waals surface area contributed by atoms with E-state index in [-0.39, 0.29) is 11.3 Å². The Labute approximate surface area is 147 Å². The van der Waals surface area contributed by atoms with E-state index in [0.29, 0.717) is 19.0 Å². The molecule has 1 aromatic heterocycles. The topological polar surface area (TPSA) is 117 Å². The van der Waals surface area contributed by atoms with E-state index >= 15 is 0 Å². The average molecular weight is 352 g/mol. The Hall–Kier alpha value is -2.07. The molecule has 1 amide bonds. The van der Waals surface area contributed by atoms with Crippen LogP contribution >= 0.6 is 0 Å². The van der Waals surface area contributed by atoms with Crippen molar-refractivity contribution in [3.63, 3.8) is 0 Å². The fraction of sp³-hybridized carbons (Fsp3) is 0.667. The highest BCUT2D eigenvalue weighted by molar-refractivity contribution is 6.33. The largest absolute Gasteiger partial charge is 0.707 e. The molecule has 2 heterocycles. The van der Waals surface area contributed by atoms with Crippen molar-refractivity contribution in [1.82, 2.24) is 15.3 Å². The van der Waals surface area contributed by atoms with E-state index in [4.69, 9.17) is 14.8 Å². The summed E-state index contributed by atoms with van der Waals surface area (Å²) in [6, 6.07) is 0. The van der Waals surface area contributed by atoms with Crippen molar-refractivity contribution in [3.05, 3.63) is 12.4 Å². The standard InChI is InChI=1S/C15H25BN4O5/c1-14(2,3)24-13(21)19-15(4)5-7-20(8-6-15)12-17-9-11(10-18-12)25-16(22)23/h9-10,22-23H,5-8H2,1-4H3,(H,19,21). The van der Waals surface area contributed by atoms with Gasteiger partial charge in [-0.1, -0.05) is 0 Å². The normalized spacial score (nSPS) is 17.0. The van der Waals surface area contributed by atoms with Gasteiger partial charge < -0.3 is 29.7 Å². The third-order valence-electron chi connectivity index (χ3n) is 3.81. The van der Waals surface area contributed by atoms with Gasteiger partial charge >= 0.3 is 13.4 Å². The molecule has 0 bridgehead atoms. The van der Waals surface area contributed by atoms with E-state index in [0.717, 1.165) is 12.8 Å². The summed E-state index contributed by atoms with van der Waals surface area (Å²) >= 11 is 0. The molecule has 0 unspecified atom stereocenters. The highest BCUT2D eigenvalue weighted by Gasteiger charge is 2.33. The molecule has 0 spiro atoms. The predicted molar refractivity (Wildman–Crippen MR) is 92.1 cm³/mol. The van der Waals surface area contributed by atoms with E-state index in [1.54, 1.807) is 0 Å². The second-order valence-electron chi connectivity index (χ2n) is 7.34. The maximum atomic E-state index is 12.0. The number of nitrogens with one attached hydrogen (secondary N) is 1. The van der Waals surface area contributed by atoms with Gasteiger partial charge in [-0.2, -0.15) is 0 Å². The minimum atomic E-state index is -1.90. The number of aromatic nitrogens is 2. The molecule has 1 aliphatic rings. The van der Waals surface area contributed by atoms with Gasteiger partial charge in [-0.15, -0.1) is 0 Å². The second kappa shape index (κ2) is 7.44. The Morgan fingerprint density at radius 3 is 2.32 bits per heavy atom. The summed E-state index contributed by atoms with van der Waals surface area (Å²) in [6.45, 7) is 8.84. The van der Waals surface area contributed by atoms with Crippen LogP contribution in [0.25, 0.3) is 0 Å². The number of alkyl carbamates (subject to hydrolysis) is 1. The quantitative estimate of drug-likeness (QED) is 0.679. The summed E-state index contributed by atoms with van der Waals surface area (Å²) in [7, 11) is -1.90. The molecule has 0 aliphatic carbocycles. The minimum Gasteiger partial charge on any atom is -0.509 e. The molecular formula is C15H25BN4O5. The van der Waals surface area contributed by atoms with Gasteiger partial charge in [0.15, 0.2) is 0 Å². The molecule has 0 aromatic carbocycles. The lowest BCUT2D eigenvalue weighted by molar-refractivity contribution is 0.0448. The van der Waals surface area contributed by atoms with Crippen molar-refractivity contribution in [2.45, 2.75) is 51.7 Å². The summed E-state index contributed by atoms with van der Waals surface area (Å²) in [5.41, 5.74) is -0.871. The molecule has 0 saturated carbocycles. The van der Waals surface area contributed by atoms with Gasteiger partial charge in [0.1, 0.15) is 11.4 Å². The van der Waals surface area contributed by atoms with Crippen LogP contribution in [0.2, 0.25) is 0 Å². The smallest absolute Gasteiger partial charge is 0.509 e. The van der Waals surface area contributed by atoms with Crippen LogP contribution in [0, 0.1) is 0 Å². The van der Waals surface area contributed by atoms with Crippen molar-refractivity contribution in [1.29, 1.82) is 0 Å². The molecule has 25 heavy (non-hydrogen) atoms. The van der Waals surface area contributed by atoms with Crippen LogP contribution < -0.4 is 14.9 Å². The van der Waals surface area contributed by atoms with Crippen molar-refractivity contribution < 1.29 is 24.2 Å². The molecule has 0 atom stereocenters. The van der Waals surface area contributed by atoms with Gasteiger partial charge in [-0.05, 0) is 40.5 Å². The lowest BCUT2D eigenvalue weighted by atomic mass is 9.90. The third kappa shape index (κ3) is 6.06. The summed E-state index contributed by atoms with van der Waals surface area (Å²) in [5, 5.41) is 20.4. The summed E-state index contributed by atoms with van der Waals surface area (Å²) < 4.78 is 10.00. The van der Waals surface area contributed by atoms with Gasteiger partial charge in [0.25, 0.3) is 0 Å². The molecule has 3 N–H and O–H groups in total. The third-order valence-corrected chi connectivity index (χ3v) is 3.81. The Kier molecular flexibility index (Phi) is 5.74. The van der Waals surface area contributed by atoms with E-state index < -0.39 is 19.0 Å². The molecule has 1 saturated heterocycles. The van der Waals surface area contributed by atoms with Crippen LogP contribution in [0.4, 0.5) is 10.7 Å². The van der Waals surface area contributed by atoms with E-state index in [1.165, 1.54) is 12.4 Å². The number of anilines is 1. The van der Waals surface area contributed by atoms with Crippen LogP contribution in [0.3, 0.4) is 0 Å². The molecule has 0 radical (unpaired) electrons. The first kappa shape index (κ1) is 19.3. The number of ether oxygens (including phenoxy) is 1. The predicted octanol–water partition coefficient (Wildman–Crippen LogP) is 0.709. The molecule has 9 nitrogen and oxygen atoms in total. The lowest BCUT2D eigenvalue weighted by Gasteiger charge is -2.40. The molecule has 1 aromatic rings. The van der Waals surface area contributed by atoms with Gasteiger partial charge in [0.2, 0.25) is 5.95 Å². The second-order valence-corrected chi connectivity index (χ2v) is 7.34. The highest BCUT2D eigenvalue weighted by atomic mass is 16.6. The first-order chi connectivity index (χ1) is 11.6. The van der Waals surface area contributed by atoms with Gasteiger partial charge in [-0.3, -0.25) is 0 Å². The number of rotatable bonds is 4. The average Bonchev–Trinajstić information content (AvgIpc) is 2.46. The maximum absolute atomic E-state index is 12.0. The zero-order valence-electron chi connectivity index (χ0n) is 15.0. The Bertz CT molecular complexity index is 583. The molecular weight excluding hydrogens is 327 g/mol. The first-order valence-corrected chi connectivity index (χ1v) is 8.17. The molecule has 2 rings (SSSR count). The Morgan fingerprint density at radius 1 is 1.28 bits per heavy atom. The van der Waals surface area contributed by atoms with Crippen molar-refractivity contribution in [3.8, 4) is 5.75 Å². The number of carbonyl (C=O) groups is 1. The number of hydrogen-bond donors (Lipinski definition) is 3. The molecule has 1 aliphatic heterocycles. The van der Waals surface area contributed by atoms with Crippen LogP contribution in [-0.2, 0) is 4.74 Å². The number of hydrogen-bond acceptors (Lipinski definition) is 8. The zero-order valence-corrected chi connectivity index (χ0v) is 15.0. The SMILES string of the molecule is CC1(NC(=O)OC(C)(C)C)CCN(c2ncc(OB(O)O)cn2)CC1. The van der Waals surface area contributed by atoms with Crippen LogP contribution in [0.5, 0.6) is 5.75 Å². The number of piperidine rings is 1.